The van der Waals surface area contributed by atoms with Gasteiger partial charge in [0.2, 0.25) is 0 Å². The number of amides is 1. The minimum Gasteiger partial charge on any atom is -0.486 e. The summed E-state index contributed by atoms with van der Waals surface area (Å²) in [5, 5.41) is 2.80. The second-order valence-corrected chi connectivity index (χ2v) is 6.97. The van der Waals surface area contributed by atoms with E-state index in [1.165, 1.54) is 5.56 Å². The van der Waals surface area contributed by atoms with Crippen LogP contribution in [0.5, 0.6) is 17.2 Å². The van der Waals surface area contributed by atoms with Gasteiger partial charge in [-0.3, -0.25) is 4.79 Å². The summed E-state index contributed by atoms with van der Waals surface area (Å²) in [6, 6.07) is 13.1. The largest absolute Gasteiger partial charge is 0.486 e. The molecular formula is C20H23NO4. The first-order valence-corrected chi connectivity index (χ1v) is 8.35. The van der Waals surface area contributed by atoms with Gasteiger partial charge in [-0.05, 0) is 35.2 Å². The molecule has 0 saturated heterocycles. The number of carbonyl (C=O) groups is 1. The third kappa shape index (κ3) is 4.44. The molecule has 25 heavy (non-hydrogen) atoms. The number of nitrogens with one attached hydrogen (secondary N) is 1. The van der Waals surface area contributed by atoms with Crippen molar-refractivity contribution in [2.45, 2.75) is 26.2 Å². The quantitative estimate of drug-likeness (QED) is 0.920. The Morgan fingerprint density at radius 1 is 1.04 bits per heavy atom. The summed E-state index contributed by atoms with van der Waals surface area (Å²) >= 11 is 0. The standard InChI is InChI=1S/C20H23NO4/c1-20(2,3)14-4-7-16(8-5-14)25-13-19(22)21-15-6-9-17-18(12-15)24-11-10-23-17/h4-9,12H,10-11,13H2,1-3H3,(H,21,22). The Bertz CT molecular complexity index is 747. The molecule has 0 radical (unpaired) electrons. The Morgan fingerprint density at radius 3 is 2.40 bits per heavy atom. The minimum atomic E-state index is -0.225. The summed E-state index contributed by atoms with van der Waals surface area (Å²) in [4.78, 5) is 12.1. The average molecular weight is 341 g/mol. The molecule has 0 spiro atoms. The Kier molecular flexibility index (Phi) is 4.83. The van der Waals surface area contributed by atoms with Crippen molar-refractivity contribution in [3.05, 3.63) is 48.0 Å². The van der Waals surface area contributed by atoms with Crippen molar-refractivity contribution >= 4 is 11.6 Å². The van der Waals surface area contributed by atoms with Crippen LogP contribution in [0.2, 0.25) is 0 Å². The highest BCUT2D eigenvalue weighted by Gasteiger charge is 2.14. The maximum atomic E-state index is 12.1. The summed E-state index contributed by atoms with van der Waals surface area (Å²) in [5.74, 6) is 1.78. The zero-order valence-corrected chi connectivity index (χ0v) is 14.8. The van der Waals surface area contributed by atoms with Crippen LogP contribution in [0.15, 0.2) is 42.5 Å². The van der Waals surface area contributed by atoms with Gasteiger partial charge in [0, 0.05) is 11.8 Å². The van der Waals surface area contributed by atoms with Gasteiger partial charge in [-0.2, -0.15) is 0 Å². The smallest absolute Gasteiger partial charge is 0.262 e. The zero-order valence-electron chi connectivity index (χ0n) is 14.8. The van der Waals surface area contributed by atoms with Crippen molar-refractivity contribution in [2.75, 3.05) is 25.1 Å². The first-order valence-electron chi connectivity index (χ1n) is 8.35. The fraction of sp³-hybridized carbons (Fsp3) is 0.350. The van der Waals surface area contributed by atoms with Crippen LogP contribution in [0.4, 0.5) is 5.69 Å². The summed E-state index contributed by atoms with van der Waals surface area (Å²) < 4.78 is 16.5. The van der Waals surface area contributed by atoms with Crippen LogP contribution >= 0.6 is 0 Å². The Labute approximate surface area is 147 Å². The van der Waals surface area contributed by atoms with Crippen molar-refractivity contribution < 1.29 is 19.0 Å². The van der Waals surface area contributed by atoms with Crippen molar-refractivity contribution in [1.82, 2.24) is 0 Å². The monoisotopic (exact) mass is 341 g/mol. The molecule has 2 aromatic rings. The van der Waals surface area contributed by atoms with Crippen molar-refractivity contribution in [1.29, 1.82) is 0 Å². The molecule has 132 valence electrons. The summed E-state index contributed by atoms with van der Waals surface area (Å²) in [6.07, 6.45) is 0. The van der Waals surface area contributed by atoms with Crippen molar-refractivity contribution in [3.8, 4) is 17.2 Å². The summed E-state index contributed by atoms with van der Waals surface area (Å²) in [6.45, 7) is 7.47. The third-order valence-corrected chi connectivity index (χ3v) is 3.92. The molecule has 0 unspecified atom stereocenters. The van der Waals surface area contributed by atoms with E-state index in [4.69, 9.17) is 14.2 Å². The second kappa shape index (κ2) is 7.05. The maximum absolute atomic E-state index is 12.1. The van der Waals surface area contributed by atoms with Gasteiger partial charge in [0.15, 0.2) is 18.1 Å². The highest BCUT2D eigenvalue weighted by atomic mass is 16.6. The molecule has 1 amide bonds. The number of fused-ring (bicyclic) bond motifs is 1. The zero-order chi connectivity index (χ0) is 17.9. The van der Waals surface area contributed by atoms with Crippen LogP contribution in [-0.4, -0.2) is 25.7 Å². The van der Waals surface area contributed by atoms with E-state index < -0.39 is 0 Å². The van der Waals surface area contributed by atoms with Crippen molar-refractivity contribution in [2.24, 2.45) is 0 Å². The number of hydrogen-bond donors (Lipinski definition) is 1. The molecule has 1 aliphatic rings. The van der Waals surface area contributed by atoms with Crippen LogP contribution < -0.4 is 19.5 Å². The van der Waals surface area contributed by atoms with E-state index in [-0.39, 0.29) is 17.9 Å². The molecule has 0 bridgehead atoms. The van der Waals surface area contributed by atoms with E-state index in [0.717, 1.165) is 0 Å². The minimum absolute atomic E-state index is 0.0523. The van der Waals surface area contributed by atoms with Gasteiger partial charge in [-0.15, -0.1) is 0 Å². The molecule has 0 aliphatic carbocycles. The molecular weight excluding hydrogens is 318 g/mol. The van der Waals surface area contributed by atoms with Crippen LogP contribution in [0, 0.1) is 0 Å². The van der Waals surface area contributed by atoms with E-state index in [0.29, 0.717) is 36.1 Å². The van der Waals surface area contributed by atoms with Crippen LogP contribution in [0.25, 0.3) is 0 Å². The molecule has 2 aromatic carbocycles. The molecule has 3 rings (SSSR count). The average Bonchev–Trinajstić information content (AvgIpc) is 2.59. The Morgan fingerprint density at radius 2 is 1.72 bits per heavy atom. The number of carbonyl (C=O) groups excluding carboxylic acids is 1. The predicted molar refractivity (Wildman–Crippen MR) is 96.7 cm³/mol. The number of ether oxygens (including phenoxy) is 3. The lowest BCUT2D eigenvalue weighted by atomic mass is 9.87. The van der Waals surface area contributed by atoms with Gasteiger partial charge < -0.3 is 19.5 Å². The number of hydrogen-bond acceptors (Lipinski definition) is 4. The predicted octanol–water partition coefficient (Wildman–Crippen LogP) is 3.77. The first-order chi connectivity index (χ1) is 11.9. The summed E-state index contributed by atoms with van der Waals surface area (Å²) in [7, 11) is 0. The Hall–Kier alpha value is -2.69. The molecule has 1 N–H and O–H groups in total. The van der Waals surface area contributed by atoms with Gasteiger partial charge in [-0.25, -0.2) is 0 Å². The number of rotatable bonds is 4. The lowest BCUT2D eigenvalue weighted by Gasteiger charge is -2.19. The molecule has 0 saturated carbocycles. The molecule has 5 nitrogen and oxygen atoms in total. The van der Waals surface area contributed by atoms with Crippen molar-refractivity contribution in [3.63, 3.8) is 0 Å². The second-order valence-electron chi connectivity index (χ2n) is 6.97. The highest BCUT2D eigenvalue weighted by molar-refractivity contribution is 5.92. The van der Waals surface area contributed by atoms with Gasteiger partial charge >= 0.3 is 0 Å². The molecule has 5 heteroatoms. The fourth-order valence-electron chi connectivity index (χ4n) is 2.52. The SMILES string of the molecule is CC(C)(C)c1ccc(OCC(=O)Nc2ccc3c(c2)OCCO3)cc1. The first kappa shape index (κ1) is 17.1. The lowest BCUT2D eigenvalue weighted by Crippen LogP contribution is -2.21. The number of anilines is 1. The van der Waals surface area contributed by atoms with Crippen LogP contribution in [0.1, 0.15) is 26.3 Å². The lowest BCUT2D eigenvalue weighted by molar-refractivity contribution is -0.118. The van der Waals surface area contributed by atoms with Crippen LogP contribution in [-0.2, 0) is 10.2 Å². The van der Waals surface area contributed by atoms with E-state index in [9.17, 15) is 4.79 Å². The van der Waals surface area contributed by atoms with E-state index in [1.807, 2.05) is 24.3 Å². The summed E-state index contributed by atoms with van der Waals surface area (Å²) in [5.41, 5.74) is 1.97. The van der Waals surface area contributed by atoms with Gasteiger partial charge in [0.05, 0.1) is 0 Å². The van der Waals surface area contributed by atoms with E-state index >= 15 is 0 Å². The van der Waals surface area contributed by atoms with Gasteiger partial charge in [-0.1, -0.05) is 32.9 Å². The van der Waals surface area contributed by atoms with Gasteiger partial charge in [0.25, 0.3) is 5.91 Å². The van der Waals surface area contributed by atoms with E-state index in [1.54, 1.807) is 18.2 Å². The Balaban J connectivity index is 1.54. The third-order valence-electron chi connectivity index (χ3n) is 3.92. The molecule has 1 heterocycles. The topological polar surface area (TPSA) is 56.8 Å². The molecule has 0 atom stereocenters. The highest BCUT2D eigenvalue weighted by Crippen LogP contribution is 2.32. The fourth-order valence-corrected chi connectivity index (χ4v) is 2.52. The number of benzene rings is 2. The van der Waals surface area contributed by atoms with Gasteiger partial charge in [0.1, 0.15) is 19.0 Å². The molecule has 0 fully saturated rings. The van der Waals surface area contributed by atoms with E-state index in [2.05, 4.69) is 26.1 Å². The molecule has 0 aromatic heterocycles. The molecule has 1 aliphatic heterocycles. The normalized spacial score (nSPS) is 13.2. The van der Waals surface area contributed by atoms with Crippen LogP contribution in [0.3, 0.4) is 0 Å². The maximum Gasteiger partial charge on any atom is 0.262 e.